The first-order valence-electron chi connectivity index (χ1n) is 7.51. The van der Waals surface area contributed by atoms with Crippen LogP contribution in [0.2, 0.25) is 0 Å². The monoisotopic (exact) mass is 317 g/mol. The van der Waals surface area contributed by atoms with E-state index in [0.29, 0.717) is 5.56 Å². The van der Waals surface area contributed by atoms with Crippen LogP contribution in [-0.4, -0.2) is 24.6 Å². The Morgan fingerprint density at radius 1 is 1.18 bits per heavy atom. The predicted molar refractivity (Wildman–Crippen MR) is 77.7 cm³/mol. The third-order valence-corrected chi connectivity index (χ3v) is 3.79. The summed E-state index contributed by atoms with van der Waals surface area (Å²) in [4.78, 5) is 0. The van der Waals surface area contributed by atoms with Gasteiger partial charge in [-0.25, -0.2) is 0 Å². The molecule has 1 N–H and O–H groups in total. The number of alkyl halides is 3. The number of rotatable bonds is 4. The van der Waals surface area contributed by atoms with Gasteiger partial charge in [0.25, 0.3) is 0 Å². The first-order chi connectivity index (χ1) is 10.2. The predicted octanol–water partition coefficient (Wildman–Crippen LogP) is 4.19. The molecule has 6 heteroatoms. The minimum Gasteiger partial charge on any atom is -0.405 e. The number of hydrogen-bond acceptors (Lipinski definition) is 3. The van der Waals surface area contributed by atoms with Crippen LogP contribution in [0.15, 0.2) is 24.3 Å². The number of halogens is 3. The van der Waals surface area contributed by atoms with E-state index in [9.17, 15) is 13.2 Å². The summed E-state index contributed by atoms with van der Waals surface area (Å²) < 4.78 is 47.3. The first kappa shape index (κ1) is 17.1. The molecular formula is C16H22F3NO2. The van der Waals surface area contributed by atoms with Crippen molar-refractivity contribution in [3.63, 3.8) is 0 Å². The maximum atomic E-state index is 12.5. The zero-order valence-corrected chi connectivity index (χ0v) is 13.0. The van der Waals surface area contributed by atoms with Crippen molar-refractivity contribution in [3.8, 4) is 5.75 Å². The molecule has 22 heavy (non-hydrogen) atoms. The summed E-state index contributed by atoms with van der Waals surface area (Å²) in [6.07, 6.45) is -2.70. The van der Waals surface area contributed by atoms with E-state index in [1.165, 1.54) is 12.1 Å². The molecule has 0 saturated carbocycles. The minimum atomic E-state index is -4.68. The molecule has 1 aromatic rings. The summed E-state index contributed by atoms with van der Waals surface area (Å²) in [5.74, 6) is -0.150. The van der Waals surface area contributed by atoms with E-state index in [2.05, 4.69) is 10.1 Å². The summed E-state index contributed by atoms with van der Waals surface area (Å²) in [6, 6.07) is 6.23. The van der Waals surface area contributed by atoms with Crippen LogP contribution >= 0.6 is 0 Å². The Morgan fingerprint density at radius 2 is 1.77 bits per heavy atom. The van der Waals surface area contributed by atoms with Crippen LogP contribution in [0.4, 0.5) is 13.2 Å². The Labute approximate surface area is 128 Å². The first-order valence-corrected chi connectivity index (χ1v) is 7.51. The molecule has 2 rings (SSSR count). The molecule has 1 aromatic carbocycles. The van der Waals surface area contributed by atoms with Crippen LogP contribution in [0.3, 0.4) is 0 Å². The summed E-state index contributed by atoms with van der Waals surface area (Å²) in [7, 11) is 0. The zero-order valence-electron chi connectivity index (χ0n) is 13.0. The van der Waals surface area contributed by atoms with Crippen LogP contribution in [0, 0.1) is 0 Å². The third kappa shape index (κ3) is 4.88. The molecule has 3 atom stereocenters. The maximum Gasteiger partial charge on any atom is 0.573 e. The Morgan fingerprint density at radius 3 is 2.36 bits per heavy atom. The fourth-order valence-electron chi connectivity index (χ4n) is 3.04. The number of para-hydroxylation sites is 1. The number of hydrogen-bond donors (Lipinski definition) is 1. The molecule has 1 saturated heterocycles. The smallest absolute Gasteiger partial charge is 0.405 e. The van der Waals surface area contributed by atoms with Gasteiger partial charge in [-0.05, 0) is 39.7 Å². The van der Waals surface area contributed by atoms with Crippen LogP contribution in [-0.2, 0) is 4.74 Å². The maximum absolute atomic E-state index is 12.5. The van der Waals surface area contributed by atoms with Crippen molar-refractivity contribution in [1.82, 2.24) is 5.32 Å². The molecule has 1 fully saturated rings. The van der Waals surface area contributed by atoms with Crippen LogP contribution in [0.25, 0.3) is 0 Å². The largest absolute Gasteiger partial charge is 0.573 e. The van der Waals surface area contributed by atoms with Gasteiger partial charge < -0.3 is 14.8 Å². The van der Waals surface area contributed by atoms with Crippen molar-refractivity contribution in [2.45, 2.75) is 64.3 Å². The average Bonchev–Trinajstić information content (AvgIpc) is 2.35. The van der Waals surface area contributed by atoms with Gasteiger partial charge in [-0.2, -0.15) is 0 Å². The third-order valence-electron chi connectivity index (χ3n) is 3.79. The summed E-state index contributed by atoms with van der Waals surface area (Å²) in [5.41, 5.74) is 0.506. The zero-order chi connectivity index (χ0) is 16.3. The molecular weight excluding hydrogens is 295 g/mol. The molecule has 0 bridgehead atoms. The topological polar surface area (TPSA) is 30.5 Å². The lowest BCUT2D eigenvalue weighted by Crippen LogP contribution is -2.42. The SMILES string of the molecule is C[C@@H]1CC(N[C@@H](C)c2ccccc2OC(F)(F)F)C[C@@H](C)O1. The van der Waals surface area contributed by atoms with Crippen molar-refractivity contribution in [1.29, 1.82) is 0 Å². The van der Waals surface area contributed by atoms with Crippen molar-refractivity contribution in [2.24, 2.45) is 0 Å². The normalized spacial score (nSPS) is 27.5. The van der Waals surface area contributed by atoms with Crippen molar-refractivity contribution < 1.29 is 22.6 Å². The lowest BCUT2D eigenvalue weighted by Gasteiger charge is -2.34. The van der Waals surface area contributed by atoms with E-state index in [0.717, 1.165) is 12.8 Å². The fourth-order valence-corrected chi connectivity index (χ4v) is 3.04. The second-order valence-electron chi connectivity index (χ2n) is 5.90. The summed E-state index contributed by atoms with van der Waals surface area (Å²) in [6.45, 7) is 5.87. The average molecular weight is 317 g/mol. The quantitative estimate of drug-likeness (QED) is 0.903. The molecule has 0 unspecified atom stereocenters. The van der Waals surface area contributed by atoms with Gasteiger partial charge in [0.2, 0.25) is 0 Å². The van der Waals surface area contributed by atoms with E-state index in [4.69, 9.17) is 4.74 Å². The fraction of sp³-hybridized carbons (Fsp3) is 0.625. The minimum absolute atomic E-state index is 0.148. The lowest BCUT2D eigenvalue weighted by molar-refractivity contribution is -0.275. The summed E-state index contributed by atoms with van der Waals surface area (Å²) >= 11 is 0. The second-order valence-corrected chi connectivity index (χ2v) is 5.90. The van der Waals surface area contributed by atoms with Gasteiger partial charge in [0.05, 0.1) is 12.2 Å². The molecule has 1 heterocycles. The highest BCUT2D eigenvalue weighted by atomic mass is 19.4. The molecule has 0 radical (unpaired) electrons. The van der Waals surface area contributed by atoms with E-state index < -0.39 is 6.36 Å². The van der Waals surface area contributed by atoms with Gasteiger partial charge in [-0.15, -0.1) is 13.2 Å². The van der Waals surface area contributed by atoms with Crippen molar-refractivity contribution in [3.05, 3.63) is 29.8 Å². The molecule has 0 aromatic heterocycles. The van der Waals surface area contributed by atoms with E-state index in [1.807, 2.05) is 20.8 Å². The Hall–Kier alpha value is -1.27. The Balaban J connectivity index is 2.07. The van der Waals surface area contributed by atoms with Crippen LogP contribution in [0.5, 0.6) is 5.75 Å². The Kier molecular flexibility index (Phi) is 5.34. The number of nitrogens with one attached hydrogen (secondary N) is 1. The molecule has 0 amide bonds. The van der Waals surface area contributed by atoms with E-state index >= 15 is 0 Å². The molecule has 0 aliphatic carbocycles. The van der Waals surface area contributed by atoms with Gasteiger partial charge in [0.1, 0.15) is 5.75 Å². The second kappa shape index (κ2) is 6.87. The number of benzene rings is 1. The highest BCUT2D eigenvalue weighted by Crippen LogP contribution is 2.31. The van der Waals surface area contributed by atoms with E-state index in [-0.39, 0.29) is 30.0 Å². The summed E-state index contributed by atoms with van der Waals surface area (Å²) in [5, 5.41) is 3.39. The highest BCUT2D eigenvalue weighted by molar-refractivity contribution is 5.35. The van der Waals surface area contributed by atoms with Crippen molar-refractivity contribution in [2.75, 3.05) is 0 Å². The Bertz CT molecular complexity index is 483. The van der Waals surface area contributed by atoms with Gasteiger partial charge in [0.15, 0.2) is 0 Å². The van der Waals surface area contributed by atoms with Gasteiger partial charge >= 0.3 is 6.36 Å². The van der Waals surface area contributed by atoms with Gasteiger partial charge in [-0.1, -0.05) is 18.2 Å². The van der Waals surface area contributed by atoms with Crippen LogP contribution in [0.1, 0.15) is 45.2 Å². The highest BCUT2D eigenvalue weighted by Gasteiger charge is 2.33. The lowest BCUT2D eigenvalue weighted by atomic mass is 9.97. The molecule has 124 valence electrons. The molecule has 3 nitrogen and oxygen atoms in total. The van der Waals surface area contributed by atoms with Gasteiger partial charge in [-0.3, -0.25) is 0 Å². The number of ether oxygens (including phenoxy) is 2. The molecule has 1 aliphatic heterocycles. The van der Waals surface area contributed by atoms with E-state index in [1.54, 1.807) is 12.1 Å². The molecule has 1 aliphatic rings. The van der Waals surface area contributed by atoms with Crippen molar-refractivity contribution >= 4 is 0 Å². The van der Waals surface area contributed by atoms with Gasteiger partial charge in [0, 0.05) is 17.6 Å². The van der Waals surface area contributed by atoms with Crippen LogP contribution < -0.4 is 10.1 Å². The molecule has 0 spiro atoms. The standard InChI is InChI=1S/C16H22F3NO2/c1-10-8-13(9-11(2)21-10)20-12(3)14-6-4-5-7-15(14)22-16(17,18)19/h4-7,10-13,20H,8-9H2,1-3H3/t10-,11-,12+/m1/s1.